The van der Waals surface area contributed by atoms with Gasteiger partial charge in [-0.25, -0.2) is 0 Å². The van der Waals surface area contributed by atoms with Gasteiger partial charge in [0, 0.05) is 27.2 Å². The molecule has 1 aromatic heterocycles. The maximum Gasteiger partial charge on any atom is 0.240 e. The highest BCUT2D eigenvalue weighted by Crippen LogP contribution is 2.45. The number of hydrogen-bond acceptors (Lipinski definition) is 7. The Morgan fingerprint density at radius 3 is 2.43 bits per heavy atom. The highest BCUT2D eigenvalue weighted by atomic mass is 32.2. The first-order valence-electron chi connectivity index (χ1n) is 9.03. The lowest BCUT2D eigenvalue weighted by molar-refractivity contribution is -0.120. The first kappa shape index (κ1) is 18.5. The topological polar surface area (TPSA) is 106 Å². The number of nitrogens with zero attached hydrogens (tertiary/aromatic N) is 2. The van der Waals surface area contributed by atoms with Crippen LogP contribution in [0, 0.1) is 5.41 Å². The molecule has 0 spiro atoms. The van der Waals surface area contributed by atoms with Crippen LogP contribution in [0.5, 0.6) is 0 Å². The van der Waals surface area contributed by atoms with Gasteiger partial charge in [-0.2, -0.15) is 4.98 Å². The largest absolute Gasteiger partial charge is 0.338 e. The Morgan fingerprint density at radius 2 is 1.82 bits per heavy atom. The highest BCUT2D eigenvalue weighted by Gasteiger charge is 2.44. The summed E-state index contributed by atoms with van der Waals surface area (Å²) in [5.41, 5.74) is 7.95. The fourth-order valence-electron chi connectivity index (χ4n) is 2.56. The van der Waals surface area contributed by atoms with Crippen LogP contribution in [-0.2, 0) is 11.3 Å². The predicted octanol–water partition coefficient (Wildman–Crippen LogP) is 4.05. The molecule has 3 aromatic rings. The second-order valence-electron chi connectivity index (χ2n) is 7.04. The van der Waals surface area contributed by atoms with Crippen LogP contribution in [0.15, 0.2) is 57.9 Å². The van der Waals surface area contributed by atoms with Gasteiger partial charge in [-0.3, -0.25) is 4.79 Å². The van der Waals surface area contributed by atoms with Crippen molar-refractivity contribution in [2.75, 3.05) is 10.0 Å². The highest BCUT2D eigenvalue weighted by molar-refractivity contribution is 8.00. The van der Waals surface area contributed by atoms with Crippen molar-refractivity contribution in [2.45, 2.75) is 31.2 Å². The average molecular weight is 395 g/mol. The third-order valence-electron chi connectivity index (χ3n) is 4.73. The monoisotopic (exact) mass is 395 g/mol. The predicted molar refractivity (Wildman–Crippen MR) is 110 cm³/mol. The van der Waals surface area contributed by atoms with Gasteiger partial charge in [0.2, 0.25) is 17.6 Å². The fourth-order valence-corrected chi connectivity index (χ4v) is 3.21. The summed E-state index contributed by atoms with van der Waals surface area (Å²) in [4.78, 5) is 17.4. The molecule has 1 heterocycles. The van der Waals surface area contributed by atoms with E-state index in [-0.39, 0.29) is 17.9 Å². The van der Waals surface area contributed by atoms with Crippen LogP contribution in [0.3, 0.4) is 0 Å². The van der Waals surface area contributed by atoms with E-state index in [1.807, 2.05) is 55.5 Å². The van der Waals surface area contributed by atoms with E-state index in [4.69, 9.17) is 10.3 Å². The summed E-state index contributed by atoms with van der Waals surface area (Å²) in [5.74, 6) is 1.05. The Morgan fingerprint density at radius 1 is 1.14 bits per heavy atom. The van der Waals surface area contributed by atoms with E-state index in [1.54, 1.807) is 0 Å². The molecule has 1 fully saturated rings. The Hall–Kier alpha value is -2.84. The van der Waals surface area contributed by atoms with Gasteiger partial charge in [0.1, 0.15) is 0 Å². The number of nitrogens with one attached hydrogen (secondary N) is 2. The van der Waals surface area contributed by atoms with E-state index in [1.165, 1.54) is 11.9 Å². The molecule has 2 aromatic carbocycles. The second kappa shape index (κ2) is 7.65. The molecule has 0 unspecified atom stereocenters. The van der Waals surface area contributed by atoms with Gasteiger partial charge < -0.3 is 20.3 Å². The van der Waals surface area contributed by atoms with Gasteiger partial charge in [-0.05, 0) is 73.3 Å². The van der Waals surface area contributed by atoms with Crippen molar-refractivity contribution in [3.8, 4) is 11.4 Å². The van der Waals surface area contributed by atoms with Gasteiger partial charge in [-0.1, -0.05) is 12.1 Å². The van der Waals surface area contributed by atoms with Crippen LogP contribution in [0.2, 0.25) is 0 Å². The summed E-state index contributed by atoms with van der Waals surface area (Å²) in [6.45, 7) is 2.22. The summed E-state index contributed by atoms with van der Waals surface area (Å²) < 4.78 is 8.32. The number of anilines is 2. The summed E-state index contributed by atoms with van der Waals surface area (Å²) in [6.07, 6.45) is 1.93. The molecule has 144 valence electrons. The number of hydrogen-bond donors (Lipinski definition) is 3. The minimum atomic E-state index is -0.174. The molecule has 1 aliphatic rings. The molecular formula is C20H21N5O2S. The fraction of sp³-hybridized carbons (Fsp3) is 0.250. The molecule has 0 aliphatic heterocycles. The quantitative estimate of drug-likeness (QED) is 0.518. The van der Waals surface area contributed by atoms with Crippen LogP contribution in [0.25, 0.3) is 11.4 Å². The van der Waals surface area contributed by atoms with E-state index in [0.717, 1.165) is 34.7 Å². The SMILES string of the molecule is CC1(C(=O)Nc2ccc(NSc3ccc(-c4noc(CN)n4)cc3)cc2)CC1. The van der Waals surface area contributed by atoms with E-state index in [9.17, 15) is 4.79 Å². The van der Waals surface area contributed by atoms with E-state index in [0.29, 0.717) is 11.7 Å². The van der Waals surface area contributed by atoms with Gasteiger partial charge in [0.25, 0.3) is 0 Å². The van der Waals surface area contributed by atoms with E-state index < -0.39 is 0 Å². The zero-order chi connectivity index (χ0) is 19.6. The molecule has 0 atom stereocenters. The molecule has 7 nitrogen and oxygen atoms in total. The summed E-state index contributed by atoms with van der Waals surface area (Å²) >= 11 is 1.50. The first-order valence-corrected chi connectivity index (χ1v) is 9.85. The van der Waals surface area contributed by atoms with Crippen LogP contribution < -0.4 is 15.8 Å². The van der Waals surface area contributed by atoms with Gasteiger partial charge in [-0.15, -0.1) is 0 Å². The molecular weight excluding hydrogens is 374 g/mol. The number of amides is 1. The number of carbonyl (C=O) groups excluding carboxylic acids is 1. The third-order valence-corrected chi connectivity index (χ3v) is 5.58. The number of nitrogens with two attached hydrogens (primary N) is 1. The average Bonchev–Trinajstić information content (AvgIpc) is 3.30. The molecule has 0 saturated heterocycles. The van der Waals surface area contributed by atoms with E-state index in [2.05, 4.69) is 20.2 Å². The van der Waals surface area contributed by atoms with Crippen LogP contribution in [0.4, 0.5) is 11.4 Å². The Balaban J connectivity index is 1.32. The van der Waals surface area contributed by atoms with Crippen molar-refractivity contribution >= 4 is 29.2 Å². The number of benzene rings is 2. The lowest BCUT2D eigenvalue weighted by atomic mass is 10.1. The summed E-state index contributed by atoms with van der Waals surface area (Å²) in [5, 5.41) is 6.88. The van der Waals surface area contributed by atoms with Crippen molar-refractivity contribution in [1.82, 2.24) is 10.1 Å². The minimum Gasteiger partial charge on any atom is -0.338 e. The zero-order valence-corrected chi connectivity index (χ0v) is 16.3. The van der Waals surface area contributed by atoms with Gasteiger partial charge in [0.15, 0.2) is 0 Å². The second-order valence-corrected chi connectivity index (χ2v) is 7.92. The van der Waals surface area contributed by atoms with Gasteiger partial charge in [0.05, 0.1) is 6.54 Å². The molecule has 4 rings (SSSR count). The Labute approximate surface area is 167 Å². The molecule has 1 aliphatic carbocycles. The summed E-state index contributed by atoms with van der Waals surface area (Å²) in [7, 11) is 0. The summed E-state index contributed by atoms with van der Waals surface area (Å²) in [6, 6.07) is 15.5. The Bertz CT molecular complexity index is 965. The number of rotatable bonds is 7. The van der Waals surface area contributed by atoms with Crippen LogP contribution in [0.1, 0.15) is 25.7 Å². The molecule has 28 heavy (non-hydrogen) atoms. The van der Waals surface area contributed by atoms with Crippen LogP contribution in [-0.4, -0.2) is 16.0 Å². The van der Waals surface area contributed by atoms with Gasteiger partial charge >= 0.3 is 0 Å². The molecule has 4 N–H and O–H groups in total. The molecule has 0 radical (unpaired) electrons. The number of aromatic nitrogens is 2. The zero-order valence-electron chi connectivity index (χ0n) is 15.4. The molecule has 1 saturated carbocycles. The maximum atomic E-state index is 12.1. The molecule has 1 amide bonds. The Kier molecular flexibility index (Phi) is 5.06. The normalized spacial score (nSPS) is 14.5. The van der Waals surface area contributed by atoms with E-state index >= 15 is 0 Å². The smallest absolute Gasteiger partial charge is 0.240 e. The lowest BCUT2D eigenvalue weighted by Crippen LogP contribution is -2.21. The minimum absolute atomic E-state index is 0.0999. The third kappa shape index (κ3) is 4.18. The molecule has 8 heteroatoms. The van der Waals surface area contributed by atoms with Crippen molar-refractivity contribution in [3.05, 3.63) is 54.4 Å². The number of carbonyl (C=O) groups is 1. The maximum absolute atomic E-state index is 12.1. The van der Waals surface area contributed by atoms with Crippen molar-refractivity contribution < 1.29 is 9.32 Å². The van der Waals surface area contributed by atoms with Crippen molar-refractivity contribution in [2.24, 2.45) is 11.1 Å². The van der Waals surface area contributed by atoms with Crippen molar-refractivity contribution in [1.29, 1.82) is 0 Å². The van der Waals surface area contributed by atoms with Crippen molar-refractivity contribution in [3.63, 3.8) is 0 Å². The standard InChI is InChI=1S/C20H21N5O2S/c1-20(10-11-20)19(26)22-14-4-6-15(7-5-14)25-28-16-8-2-13(3-9-16)18-23-17(12-21)27-24-18/h2-9,25H,10-12,21H2,1H3,(H,22,26). The molecule has 0 bridgehead atoms. The lowest BCUT2D eigenvalue weighted by Gasteiger charge is -2.11. The first-order chi connectivity index (χ1) is 13.6. The van der Waals surface area contributed by atoms with Crippen LogP contribution >= 0.6 is 11.9 Å².